The zero-order valence-electron chi connectivity index (χ0n) is 15.2. The van der Waals surface area contributed by atoms with Gasteiger partial charge in [0, 0.05) is 37.9 Å². The second-order valence-electron chi connectivity index (χ2n) is 6.69. The maximum Gasteiger partial charge on any atom is 0.233 e. The van der Waals surface area contributed by atoms with Crippen molar-refractivity contribution < 1.29 is 0 Å². The van der Waals surface area contributed by atoms with E-state index < -0.39 is 0 Å². The van der Waals surface area contributed by atoms with Crippen molar-refractivity contribution in [2.75, 3.05) is 11.1 Å². The average molecular weight is 363 g/mol. The van der Waals surface area contributed by atoms with Crippen LogP contribution in [-0.4, -0.2) is 34.3 Å². The largest absolute Gasteiger partial charge is 0.382 e. The lowest BCUT2D eigenvalue weighted by Gasteiger charge is -2.11. The highest BCUT2D eigenvalue weighted by Gasteiger charge is 2.19. The Bertz CT molecular complexity index is 1040. The smallest absolute Gasteiger partial charge is 0.233 e. The Labute approximate surface area is 156 Å². The highest BCUT2D eigenvalue weighted by atomic mass is 15.4. The first-order chi connectivity index (χ1) is 13.1. The fraction of sp³-hybridized carbons (Fsp3) is 0.278. The Balaban J connectivity index is 1.75. The monoisotopic (exact) mass is 363 g/mol. The Morgan fingerprint density at radius 2 is 2.04 bits per heavy atom. The second kappa shape index (κ2) is 7.02. The normalized spacial score (nSPS) is 11.4. The number of hydrogen-bond donors (Lipinski definition) is 2. The molecule has 9 nitrogen and oxygen atoms in total. The number of aromatic nitrogens is 7. The van der Waals surface area contributed by atoms with E-state index in [1.807, 2.05) is 29.0 Å². The van der Waals surface area contributed by atoms with Gasteiger partial charge in [-0.05, 0) is 23.6 Å². The van der Waals surface area contributed by atoms with Crippen LogP contribution in [0.25, 0.3) is 17.1 Å². The minimum atomic E-state index is 0.338. The van der Waals surface area contributed by atoms with Crippen molar-refractivity contribution in [1.29, 1.82) is 0 Å². The van der Waals surface area contributed by atoms with Crippen LogP contribution in [0.1, 0.15) is 19.4 Å². The molecule has 0 saturated heterocycles. The molecule has 27 heavy (non-hydrogen) atoms. The van der Waals surface area contributed by atoms with Crippen molar-refractivity contribution in [3.63, 3.8) is 0 Å². The molecule has 0 spiro atoms. The van der Waals surface area contributed by atoms with Crippen molar-refractivity contribution in [2.24, 2.45) is 5.92 Å². The summed E-state index contributed by atoms with van der Waals surface area (Å²) in [6, 6.07) is 5.74. The molecule has 0 saturated carbocycles. The van der Waals surface area contributed by atoms with Crippen molar-refractivity contribution in [2.45, 2.75) is 26.9 Å². The van der Waals surface area contributed by atoms with Gasteiger partial charge in [0.25, 0.3) is 0 Å². The lowest BCUT2D eigenvalue weighted by Crippen LogP contribution is -2.12. The highest BCUT2D eigenvalue weighted by Crippen LogP contribution is 2.24. The number of anilines is 2. The van der Waals surface area contributed by atoms with Crippen LogP contribution in [0.4, 0.5) is 11.8 Å². The molecule has 9 heteroatoms. The molecule has 4 heterocycles. The third-order valence-electron chi connectivity index (χ3n) is 4.03. The molecule has 4 rings (SSSR count). The summed E-state index contributed by atoms with van der Waals surface area (Å²) in [5.74, 6) is 1.87. The molecule has 0 fully saturated rings. The molecule has 0 amide bonds. The van der Waals surface area contributed by atoms with Crippen LogP contribution in [0.2, 0.25) is 0 Å². The van der Waals surface area contributed by atoms with E-state index in [-0.39, 0.29) is 0 Å². The van der Waals surface area contributed by atoms with E-state index in [0.717, 1.165) is 12.1 Å². The average Bonchev–Trinajstić information content (AvgIpc) is 3.29. The molecule has 0 atom stereocenters. The van der Waals surface area contributed by atoms with Gasteiger partial charge in [-0.2, -0.15) is 15.1 Å². The molecule has 138 valence electrons. The summed E-state index contributed by atoms with van der Waals surface area (Å²) in [7, 11) is 0. The fourth-order valence-corrected chi connectivity index (χ4v) is 2.87. The minimum Gasteiger partial charge on any atom is -0.382 e. The van der Waals surface area contributed by atoms with Crippen LogP contribution in [0.3, 0.4) is 0 Å². The number of nitrogens with one attached hydrogen (secondary N) is 1. The summed E-state index contributed by atoms with van der Waals surface area (Å²) in [5, 5.41) is 7.51. The van der Waals surface area contributed by atoms with Crippen molar-refractivity contribution >= 4 is 22.9 Å². The van der Waals surface area contributed by atoms with Gasteiger partial charge in [-0.15, -0.1) is 0 Å². The molecule has 0 aliphatic rings. The van der Waals surface area contributed by atoms with Crippen LogP contribution in [0, 0.1) is 5.92 Å². The van der Waals surface area contributed by atoms with E-state index >= 15 is 0 Å². The van der Waals surface area contributed by atoms with Crippen molar-refractivity contribution in [1.82, 2.24) is 34.3 Å². The zero-order chi connectivity index (χ0) is 18.8. The predicted molar refractivity (Wildman–Crippen MR) is 103 cm³/mol. The van der Waals surface area contributed by atoms with Crippen molar-refractivity contribution in [3.05, 3.63) is 48.5 Å². The van der Waals surface area contributed by atoms with Crippen LogP contribution in [0.5, 0.6) is 0 Å². The van der Waals surface area contributed by atoms with Gasteiger partial charge in [0.15, 0.2) is 17.0 Å². The molecule has 0 bridgehead atoms. The maximum absolute atomic E-state index is 6.18. The summed E-state index contributed by atoms with van der Waals surface area (Å²) in [4.78, 5) is 17.8. The molecular formula is C18H21N9. The van der Waals surface area contributed by atoms with Crippen LogP contribution in [0.15, 0.2) is 43.0 Å². The third kappa shape index (κ3) is 3.43. The third-order valence-corrected chi connectivity index (χ3v) is 4.03. The number of hydrogen-bond acceptors (Lipinski definition) is 7. The first-order valence-electron chi connectivity index (χ1n) is 8.78. The Morgan fingerprint density at radius 3 is 2.74 bits per heavy atom. The fourth-order valence-electron chi connectivity index (χ4n) is 2.87. The molecular weight excluding hydrogens is 342 g/mol. The summed E-state index contributed by atoms with van der Waals surface area (Å²) in [5.41, 5.74) is 8.49. The topological polar surface area (TPSA) is 112 Å². The summed E-state index contributed by atoms with van der Waals surface area (Å²) in [6.45, 7) is 5.59. The van der Waals surface area contributed by atoms with Gasteiger partial charge in [0.1, 0.15) is 0 Å². The van der Waals surface area contributed by atoms with Gasteiger partial charge in [0.05, 0.1) is 0 Å². The molecule has 0 radical (unpaired) electrons. The van der Waals surface area contributed by atoms with E-state index in [9.17, 15) is 0 Å². The lowest BCUT2D eigenvalue weighted by atomic mass is 10.2. The van der Waals surface area contributed by atoms with E-state index in [1.165, 1.54) is 0 Å². The summed E-state index contributed by atoms with van der Waals surface area (Å²) >= 11 is 0. The Hall–Kier alpha value is -3.49. The maximum atomic E-state index is 6.18. The van der Waals surface area contributed by atoms with Gasteiger partial charge < -0.3 is 11.1 Å². The number of fused-ring (bicyclic) bond motifs is 1. The predicted octanol–water partition coefficient (Wildman–Crippen LogP) is 2.26. The molecule has 0 aliphatic heterocycles. The summed E-state index contributed by atoms with van der Waals surface area (Å²) in [6.07, 6.45) is 7.11. The Morgan fingerprint density at radius 1 is 1.15 bits per heavy atom. The first kappa shape index (κ1) is 17.0. The van der Waals surface area contributed by atoms with Gasteiger partial charge in [0.2, 0.25) is 11.9 Å². The number of nitrogen functional groups attached to an aromatic ring is 1. The van der Waals surface area contributed by atoms with Gasteiger partial charge >= 0.3 is 0 Å². The number of nitrogens with two attached hydrogens (primary N) is 1. The van der Waals surface area contributed by atoms with Gasteiger partial charge in [-0.3, -0.25) is 9.55 Å². The van der Waals surface area contributed by atoms with Crippen LogP contribution >= 0.6 is 0 Å². The number of rotatable bonds is 6. The van der Waals surface area contributed by atoms with Gasteiger partial charge in [-0.1, -0.05) is 19.9 Å². The SMILES string of the molecule is CC(C)Cn1c(-n2cccn2)nc2c(N)nc(NCc3cccnc3)nc21. The zero-order valence-corrected chi connectivity index (χ0v) is 15.2. The quantitative estimate of drug-likeness (QED) is 0.540. The Kier molecular flexibility index (Phi) is 4.41. The first-order valence-corrected chi connectivity index (χ1v) is 8.78. The molecule has 4 aromatic rings. The minimum absolute atomic E-state index is 0.338. The number of nitrogens with zero attached hydrogens (tertiary/aromatic N) is 7. The second-order valence-corrected chi connectivity index (χ2v) is 6.69. The number of imidazole rings is 1. The van der Waals surface area contributed by atoms with E-state index in [1.54, 1.807) is 23.3 Å². The van der Waals surface area contributed by atoms with Crippen LogP contribution < -0.4 is 11.1 Å². The molecule has 4 aromatic heterocycles. The standard InChI is InChI=1S/C18H21N9/c1-12(2)11-26-16-14(23-18(26)27-8-4-7-22-27)15(19)24-17(25-16)21-10-13-5-3-6-20-9-13/h3-9,12H,10-11H2,1-2H3,(H3,19,21,24,25). The van der Waals surface area contributed by atoms with E-state index in [4.69, 9.17) is 5.73 Å². The highest BCUT2D eigenvalue weighted by molar-refractivity contribution is 5.84. The molecule has 0 aromatic carbocycles. The number of pyridine rings is 1. The molecule has 3 N–H and O–H groups in total. The van der Waals surface area contributed by atoms with E-state index in [0.29, 0.717) is 41.3 Å². The molecule has 0 aliphatic carbocycles. The molecule has 0 unspecified atom stereocenters. The van der Waals surface area contributed by atoms with Gasteiger partial charge in [-0.25, -0.2) is 9.67 Å². The summed E-state index contributed by atoms with van der Waals surface area (Å²) < 4.78 is 3.74. The lowest BCUT2D eigenvalue weighted by molar-refractivity contribution is 0.518. The van der Waals surface area contributed by atoms with Crippen LogP contribution in [-0.2, 0) is 13.1 Å². The van der Waals surface area contributed by atoms with E-state index in [2.05, 4.69) is 44.2 Å². The van der Waals surface area contributed by atoms with Crippen molar-refractivity contribution in [3.8, 4) is 5.95 Å².